The van der Waals surface area contributed by atoms with Crippen molar-refractivity contribution in [1.29, 1.82) is 0 Å². The first-order valence-electron chi connectivity index (χ1n) is 12.1. The molecule has 1 aromatic heterocycles. The number of hydrogen-bond acceptors (Lipinski definition) is 9. The van der Waals surface area contributed by atoms with E-state index >= 15 is 0 Å². The standard InChI is InChI=1S/C26H32ClN7O2S/c1-33-9-11-34(12-10-33)20-6-7-22(23(15-20)36-2)31-26-29-17-21(27)25(32-26)28-16-18-4-3-5-19(14-18)30-24(35)8-13-37/h3-7,14-15,17,37H,8-13,16H2,1-2H3,(H,30,35)(H2,28,29,31,32). The zero-order valence-corrected chi connectivity index (χ0v) is 22.6. The van der Waals surface area contributed by atoms with Gasteiger partial charge in [0.1, 0.15) is 10.8 Å². The summed E-state index contributed by atoms with van der Waals surface area (Å²) in [6.45, 7) is 4.49. The van der Waals surface area contributed by atoms with E-state index in [1.165, 1.54) is 0 Å². The number of ether oxygens (including phenoxy) is 1. The Morgan fingerprint density at radius 3 is 2.73 bits per heavy atom. The zero-order chi connectivity index (χ0) is 26.2. The average Bonchev–Trinajstić information content (AvgIpc) is 2.90. The topological polar surface area (TPSA) is 94.6 Å². The van der Waals surface area contributed by atoms with Crippen LogP contribution in [0.2, 0.25) is 5.02 Å². The van der Waals surface area contributed by atoms with Gasteiger partial charge in [0, 0.05) is 56.6 Å². The minimum Gasteiger partial charge on any atom is -0.494 e. The molecule has 1 aliphatic heterocycles. The Kier molecular flexibility index (Phi) is 9.32. The van der Waals surface area contributed by atoms with Gasteiger partial charge in [-0.15, -0.1) is 0 Å². The first kappa shape index (κ1) is 26.8. The van der Waals surface area contributed by atoms with Crippen LogP contribution in [0.5, 0.6) is 5.75 Å². The van der Waals surface area contributed by atoms with Gasteiger partial charge in [-0.05, 0) is 42.6 Å². The van der Waals surface area contributed by atoms with Gasteiger partial charge in [0.05, 0.1) is 19.0 Å². The molecular formula is C26H32ClN7O2S. The number of nitrogens with one attached hydrogen (secondary N) is 3. The van der Waals surface area contributed by atoms with E-state index in [-0.39, 0.29) is 5.91 Å². The Hall–Kier alpha value is -3.21. The first-order valence-corrected chi connectivity index (χ1v) is 13.1. The number of carbonyl (C=O) groups excluding carboxylic acids is 1. The van der Waals surface area contributed by atoms with Gasteiger partial charge >= 0.3 is 0 Å². The van der Waals surface area contributed by atoms with E-state index in [9.17, 15) is 4.79 Å². The molecule has 196 valence electrons. The van der Waals surface area contributed by atoms with Crippen LogP contribution >= 0.6 is 24.2 Å². The summed E-state index contributed by atoms with van der Waals surface area (Å²) in [4.78, 5) is 25.4. The van der Waals surface area contributed by atoms with Crippen molar-refractivity contribution in [2.45, 2.75) is 13.0 Å². The molecule has 2 heterocycles. The molecule has 1 aliphatic rings. The maximum absolute atomic E-state index is 11.9. The molecule has 1 amide bonds. The highest BCUT2D eigenvalue weighted by Gasteiger charge is 2.16. The number of piperazine rings is 1. The van der Waals surface area contributed by atoms with Crippen LogP contribution < -0.4 is 25.6 Å². The third-order valence-corrected chi connectivity index (χ3v) is 6.55. The van der Waals surface area contributed by atoms with E-state index in [0.29, 0.717) is 41.3 Å². The number of carbonyl (C=O) groups is 1. The van der Waals surface area contributed by atoms with Gasteiger partial charge in [-0.25, -0.2) is 4.98 Å². The number of likely N-dealkylation sites (N-methyl/N-ethyl adjacent to an activating group) is 1. The predicted molar refractivity (Wildman–Crippen MR) is 154 cm³/mol. The quantitative estimate of drug-likeness (QED) is 0.279. The Balaban J connectivity index is 1.43. The summed E-state index contributed by atoms with van der Waals surface area (Å²) < 4.78 is 5.65. The summed E-state index contributed by atoms with van der Waals surface area (Å²) in [6.07, 6.45) is 1.92. The fourth-order valence-corrected chi connectivity index (χ4v) is 4.35. The highest BCUT2D eigenvalue weighted by atomic mass is 35.5. The van der Waals surface area contributed by atoms with Crippen LogP contribution in [0.4, 0.5) is 28.8 Å². The molecule has 1 saturated heterocycles. The Morgan fingerprint density at radius 1 is 1.16 bits per heavy atom. The molecular weight excluding hydrogens is 510 g/mol. The second kappa shape index (κ2) is 12.8. The molecule has 0 radical (unpaired) electrons. The maximum Gasteiger partial charge on any atom is 0.229 e. The number of methoxy groups -OCH3 is 1. The van der Waals surface area contributed by atoms with Crippen LogP contribution in [0.25, 0.3) is 0 Å². The summed E-state index contributed by atoms with van der Waals surface area (Å²) in [6, 6.07) is 13.7. The van der Waals surface area contributed by atoms with Crippen molar-refractivity contribution >= 4 is 59.0 Å². The fourth-order valence-electron chi connectivity index (χ4n) is 3.99. The number of halogens is 1. The van der Waals surface area contributed by atoms with Gasteiger partial charge in [-0.1, -0.05) is 23.7 Å². The van der Waals surface area contributed by atoms with Gasteiger partial charge in [-0.3, -0.25) is 4.79 Å². The molecule has 11 heteroatoms. The molecule has 2 aromatic carbocycles. The second-order valence-electron chi connectivity index (χ2n) is 8.77. The lowest BCUT2D eigenvalue weighted by atomic mass is 10.2. The molecule has 37 heavy (non-hydrogen) atoms. The van der Waals surface area contributed by atoms with Crippen molar-refractivity contribution < 1.29 is 9.53 Å². The molecule has 0 aliphatic carbocycles. The van der Waals surface area contributed by atoms with Crippen molar-refractivity contribution in [3.8, 4) is 5.75 Å². The number of hydrogen-bond donors (Lipinski definition) is 4. The van der Waals surface area contributed by atoms with Crippen LogP contribution in [0.1, 0.15) is 12.0 Å². The first-order chi connectivity index (χ1) is 17.9. The van der Waals surface area contributed by atoms with Crippen LogP contribution in [0.3, 0.4) is 0 Å². The third-order valence-electron chi connectivity index (χ3n) is 6.05. The Morgan fingerprint density at radius 2 is 1.97 bits per heavy atom. The molecule has 0 saturated carbocycles. The van der Waals surface area contributed by atoms with Crippen molar-refractivity contribution in [3.63, 3.8) is 0 Å². The maximum atomic E-state index is 11.9. The predicted octanol–water partition coefficient (Wildman–Crippen LogP) is 4.50. The second-order valence-corrected chi connectivity index (χ2v) is 9.62. The lowest BCUT2D eigenvalue weighted by Gasteiger charge is -2.34. The number of amides is 1. The van der Waals surface area contributed by atoms with Crippen molar-refractivity contribution in [1.82, 2.24) is 14.9 Å². The number of nitrogens with zero attached hydrogens (tertiary/aromatic N) is 4. The molecule has 9 nitrogen and oxygen atoms in total. The fraction of sp³-hybridized carbons (Fsp3) is 0.346. The van der Waals surface area contributed by atoms with Gasteiger partial charge in [0.2, 0.25) is 11.9 Å². The number of benzene rings is 2. The summed E-state index contributed by atoms with van der Waals surface area (Å²) in [7, 11) is 3.79. The number of thiol groups is 1. The van der Waals surface area contributed by atoms with E-state index in [0.717, 1.165) is 48.8 Å². The summed E-state index contributed by atoms with van der Waals surface area (Å²) in [5, 5.41) is 9.77. The van der Waals surface area contributed by atoms with E-state index in [2.05, 4.69) is 61.5 Å². The summed E-state index contributed by atoms with van der Waals surface area (Å²) >= 11 is 10.5. The molecule has 1 fully saturated rings. The third kappa shape index (κ3) is 7.41. The number of rotatable bonds is 10. The van der Waals surface area contributed by atoms with E-state index < -0.39 is 0 Å². The lowest BCUT2D eigenvalue weighted by molar-refractivity contribution is -0.115. The SMILES string of the molecule is COc1cc(N2CCN(C)CC2)ccc1Nc1ncc(Cl)c(NCc2cccc(NC(=O)CCS)c2)n1. The van der Waals surface area contributed by atoms with E-state index in [1.807, 2.05) is 36.4 Å². The minimum atomic E-state index is -0.0679. The van der Waals surface area contributed by atoms with Gasteiger partial charge in [0.15, 0.2) is 5.82 Å². The molecule has 0 unspecified atom stereocenters. The lowest BCUT2D eigenvalue weighted by Crippen LogP contribution is -2.44. The number of aromatic nitrogens is 2. The van der Waals surface area contributed by atoms with Crippen LogP contribution in [0, 0.1) is 0 Å². The summed E-state index contributed by atoms with van der Waals surface area (Å²) in [5.41, 5.74) is 3.58. The molecule has 3 aromatic rings. The normalized spacial score (nSPS) is 13.8. The van der Waals surface area contributed by atoms with Gasteiger partial charge < -0.3 is 30.5 Å². The molecule has 0 bridgehead atoms. The average molecular weight is 542 g/mol. The van der Waals surface area contributed by atoms with Crippen molar-refractivity contribution in [2.24, 2.45) is 0 Å². The van der Waals surface area contributed by atoms with Crippen molar-refractivity contribution in [3.05, 3.63) is 59.2 Å². The Bertz CT molecular complexity index is 1220. The summed E-state index contributed by atoms with van der Waals surface area (Å²) in [5.74, 6) is 2.03. The van der Waals surface area contributed by atoms with E-state index in [4.69, 9.17) is 16.3 Å². The molecule has 3 N–H and O–H groups in total. The highest BCUT2D eigenvalue weighted by molar-refractivity contribution is 7.80. The highest BCUT2D eigenvalue weighted by Crippen LogP contribution is 2.32. The monoisotopic (exact) mass is 541 g/mol. The smallest absolute Gasteiger partial charge is 0.229 e. The number of anilines is 5. The molecule has 0 spiro atoms. The zero-order valence-electron chi connectivity index (χ0n) is 21.0. The van der Waals surface area contributed by atoms with Crippen molar-refractivity contribution in [2.75, 3.05) is 66.9 Å². The van der Waals surface area contributed by atoms with Crippen LogP contribution in [-0.2, 0) is 11.3 Å². The molecule has 0 atom stereocenters. The van der Waals surface area contributed by atoms with Gasteiger partial charge in [-0.2, -0.15) is 17.6 Å². The minimum absolute atomic E-state index is 0.0679. The largest absolute Gasteiger partial charge is 0.494 e. The van der Waals surface area contributed by atoms with Gasteiger partial charge in [0.25, 0.3) is 0 Å². The van der Waals surface area contributed by atoms with E-state index in [1.54, 1.807) is 13.3 Å². The molecule has 4 rings (SSSR count). The van der Waals surface area contributed by atoms with Crippen LogP contribution in [-0.4, -0.2) is 66.9 Å². The Labute approximate surface area is 228 Å². The van der Waals surface area contributed by atoms with Crippen LogP contribution in [0.15, 0.2) is 48.7 Å².